The van der Waals surface area contributed by atoms with Gasteiger partial charge < -0.3 is 25.6 Å². The van der Waals surface area contributed by atoms with Gasteiger partial charge in [-0.3, -0.25) is 14.4 Å². The molecule has 1 heterocycles. The molecule has 0 aromatic heterocycles. The van der Waals surface area contributed by atoms with Gasteiger partial charge in [-0.05, 0) is 56.9 Å². The van der Waals surface area contributed by atoms with Crippen molar-refractivity contribution in [2.75, 3.05) is 39.9 Å². The Hall–Kier alpha value is -1.67. The topological polar surface area (TPSA) is 105 Å². The van der Waals surface area contributed by atoms with Crippen LogP contribution in [0.3, 0.4) is 0 Å². The highest BCUT2D eigenvalue weighted by molar-refractivity contribution is 5.88. The van der Waals surface area contributed by atoms with Crippen LogP contribution in [0.25, 0.3) is 0 Å². The minimum Gasteiger partial charge on any atom is -0.383 e. The van der Waals surface area contributed by atoms with E-state index in [0.29, 0.717) is 51.0 Å². The van der Waals surface area contributed by atoms with E-state index in [1.807, 2.05) is 4.90 Å². The van der Waals surface area contributed by atoms with Crippen LogP contribution in [0.4, 0.5) is 0 Å². The lowest BCUT2D eigenvalue weighted by atomic mass is 9.81. The summed E-state index contributed by atoms with van der Waals surface area (Å²) in [5, 5.41) is 3.09. The van der Waals surface area contributed by atoms with Crippen molar-refractivity contribution in [2.45, 2.75) is 64.0 Å². The molecule has 1 saturated heterocycles. The van der Waals surface area contributed by atoms with E-state index in [9.17, 15) is 14.4 Å². The molecular formula is C22H38N4O4. The second-order valence-electron chi connectivity index (χ2n) is 9.25. The molecule has 4 unspecified atom stereocenters. The van der Waals surface area contributed by atoms with E-state index in [0.717, 1.165) is 32.1 Å². The van der Waals surface area contributed by atoms with Crippen LogP contribution in [0, 0.1) is 17.8 Å². The van der Waals surface area contributed by atoms with Gasteiger partial charge >= 0.3 is 0 Å². The fraction of sp³-hybridized carbons (Fsp3) is 0.864. The Morgan fingerprint density at radius 1 is 1.13 bits per heavy atom. The Balaban J connectivity index is 1.60. The minimum atomic E-state index is -0.515. The van der Waals surface area contributed by atoms with Gasteiger partial charge in [-0.15, -0.1) is 0 Å². The van der Waals surface area contributed by atoms with E-state index in [2.05, 4.69) is 5.32 Å². The number of amides is 3. The Labute approximate surface area is 179 Å². The predicted molar refractivity (Wildman–Crippen MR) is 113 cm³/mol. The van der Waals surface area contributed by atoms with E-state index in [1.165, 1.54) is 13.3 Å². The van der Waals surface area contributed by atoms with Crippen LogP contribution in [-0.4, -0.2) is 79.5 Å². The first-order valence-corrected chi connectivity index (χ1v) is 11.5. The molecule has 3 fully saturated rings. The normalized spacial score (nSPS) is 29.0. The van der Waals surface area contributed by atoms with Crippen molar-refractivity contribution in [3.63, 3.8) is 0 Å². The number of nitrogens with one attached hydrogen (secondary N) is 1. The first-order chi connectivity index (χ1) is 14.4. The first-order valence-electron chi connectivity index (χ1n) is 11.5. The summed E-state index contributed by atoms with van der Waals surface area (Å²) in [4.78, 5) is 41.5. The molecule has 1 aliphatic heterocycles. The number of nitrogens with zero attached hydrogens (tertiary/aromatic N) is 2. The summed E-state index contributed by atoms with van der Waals surface area (Å²) in [5.41, 5.74) is 5.83. The van der Waals surface area contributed by atoms with Crippen LogP contribution < -0.4 is 11.1 Å². The molecule has 3 amide bonds. The van der Waals surface area contributed by atoms with E-state index in [1.54, 1.807) is 12.0 Å². The van der Waals surface area contributed by atoms with Gasteiger partial charge in [0, 0.05) is 39.6 Å². The summed E-state index contributed by atoms with van der Waals surface area (Å²) < 4.78 is 5.19. The number of methoxy groups -OCH3 is 1. The lowest BCUT2D eigenvalue weighted by Crippen LogP contribution is -2.46. The summed E-state index contributed by atoms with van der Waals surface area (Å²) in [6.45, 7) is 4.21. The number of nitrogens with two attached hydrogens (primary N) is 1. The van der Waals surface area contributed by atoms with Gasteiger partial charge in [0.25, 0.3) is 0 Å². The van der Waals surface area contributed by atoms with Crippen LogP contribution >= 0.6 is 0 Å². The summed E-state index contributed by atoms with van der Waals surface area (Å²) >= 11 is 0. The third kappa shape index (κ3) is 5.72. The van der Waals surface area contributed by atoms with Gasteiger partial charge in [-0.25, -0.2) is 0 Å². The van der Waals surface area contributed by atoms with Crippen LogP contribution in [0.5, 0.6) is 0 Å². The first kappa shape index (κ1) is 23.0. The maximum absolute atomic E-state index is 13.0. The van der Waals surface area contributed by atoms with Crippen molar-refractivity contribution in [1.82, 2.24) is 15.1 Å². The largest absolute Gasteiger partial charge is 0.383 e. The molecule has 2 saturated carbocycles. The van der Waals surface area contributed by atoms with E-state index < -0.39 is 6.04 Å². The number of hydrogen-bond donors (Lipinski definition) is 2. The zero-order chi connectivity index (χ0) is 21.7. The monoisotopic (exact) mass is 422 g/mol. The van der Waals surface area contributed by atoms with Gasteiger partial charge in [0.1, 0.15) is 6.04 Å². The molecular weight excluding hydrogens is 384 g/mol. The minimum absolute atomic E-state index is 0.0994. The number of ether oxygens (including phenoxy) is 1. The molecule has 0 spiro atoms. The van der Waals surface area contributed by atoms with Crippen LogP contribution in [-0.2, 0) is 19.1 Å². The molecule has 3 N–H and O–H groups in total. The van der Waals surface area contributed by atoms with E-state index >= 15 is 0 Å². The molecule has 0 radical (unpaired) electrons. The second kappa shape index (κ2) is 10.6. The average molecular weight is 423 g/mol. The molecule has 0 bridgehead atoms. The van der Waals surface area contributed by atoms with Crippen LogP contribution in [0.1, 0.15) is 51.9 Å². The molecule has 8 nitrogen and oxygen atoms in total. The maximum Gasteiger partial charge on any atom is 0.242 e. The molecule has 0 aromatic rings. The molecule has 30 heavy (non-hydrogen) atoms. The number of rotatable bonds is 9. The molecule has 2 aliphatic carbocycles. The fourth-order valence-corrected chi connectivity index (χ4v) is 5.03. The number of carbonyl (C=O) groups is 3. The van der Waals surface area contributed by atoms with Gasteiger partial charge in [-0.1, -0.05) is 6.42 Å². The van der Waals surface area contributed by atoms with Crippen molar-refractivity contribution < 1.29 is 19.1 Å². The van der Waals surface area contributed by atoms with Gasteiger partial charge in [-0.2, -0.15) is 0 Å². The summed E-state index contributed by atoms with van der Waals surface area (Å²) in [6, 6.07) is -0.650. The fourth-order valence-electron chi connectivity index (χ4n) is 5.03. The van der Waals surface area contributed by atoms with Crippen molar-refractivity contribution in [3.05, 3.63) is 0 Å². The summed E-state index contributed by atoms with van der Waals surface area (Å²) in [5.74, 6) is 1.01. The van der Waals surface area contributed by atoms with Crippen LogP contribution in [0.2, 0.25) is 0 Å². The van der Waals surface area contributed by atoms with Gasteiger partial charge in [0.2, 0.25) is 17.7 Å². The number of carbonyl (C=O) groups excluding carboxylic acids is 3. The second-order valence-corrected chi connectivity index (χ2v) is 9.25. The Morgan fingerprint density at radius 3 is 2.50 bits per heavy atom. The highest BCUT2D eigenvalue weighted by Crippen LogP contribution is 2.34. The molecule has 3 aliphatic rings. The van der Waals surface area contributed by atoms with Gasteiger partial charge in [0.15, 0.2) is 0 Å². The summed E-state index contributed by atoms with van der Waals surface area (Å²) in [7, 11) is 1.62. The predicted octanol–water partition coefficient (Wildman–Crippen LogP) is 0.742. The molecule has 170 valence electrons. The Kier molecular flexibility index (Phi) is 8.11. The van der Waals surface area contributed by atoms with Gasteiger partial charge in [0.05, 0.1) is 12.6 Å². The van der Waals surface area contributed by atoms with E-state index in [-0.39, 0.29) is 29.7 Å². The SMILES string of the molecule is COCCN(C(=O)C1CC1)C1CC(C(=O)NCC2CCCC(CN)C2)N(C(C)=O)C1. The standard InChI is InChI=1S/C22H38N4O4/c1-15(27)26-14-19(25(8-9-30-2)22(29)18-6-7-18)11-20(26)21(28)24-13-17-5-3-4-16(10-17)12-23/h16-20H,3-14,23H2,1-2H3,(H,24,28). The third-order valence-corrected chi connectivity index (χ3v) is 6.96. The number of likely N-dealkylation sites (tertiary alicyclic amines) is 1. The van der Waals surface area contributed by atoms with E-state index in [4.69, 9.17) is 10.5 Å². The quantitative estimate of drug-likeness (QED) is 0.570. The van der Waals surface area contributed by atoms with Crippen LogP contribution in [0.15, 0.2) is 0 Å². The number of hydrogen-bond acceptors (Lipinski definition) is 5. The molecule has 3 rings (SSSR count). The highest BCUT2D eigenvalue weighted by atomic mass is 16.5. The maximum atomic E-state index is 13.0. The molecule has 8 heteroatoms. The van der Waals surface area contributed by atoms with Crippen molar-refractivity contribution in [3.8, 4) is 0 Å². The lowest BCUT2D eigenvalue weighted by Gasteiger charge is -2.29. The Morgan fingerprint density at radius 2 is 1.87 bits per heavy atom. The molecule has 4 atom stereocenters. The van der Waals surface area contributed by atoms with Crippen molar-refractivity contribution >= 4 is 17.7 Å². The smallest absolute Gasteiger partial charge is 0.242 e. The average Bonchev–Trinajstić information content (AvgIpc) is 3.50. The third-order valence-electron chi connectivity index (χ3n) is 6.96. The van der Waals surface area contributed by atoms with Crippen molar-refractivity contribution in [1.29, 1.82) is 0 Å². The lowest BCUT2D eigenvalue weighted by molar-refractivity contribution is -0.137. The zero-order valence-corrected chi connectivity index (χ0v) is 18.5. The van der Waals surface area contributed by atoms with Crippen molar-refractivity contribution in [2.24, 2.45) is 23.5 Å². The Bertz CT molecular complexity index is 624. The highest BCUT2D eigenvalue weighted by Gasteiger charge is 2.44. The summed E-state index contributed by atoms with van der Waals surface area (Å²) in [6.07, 6.45) is 6.86. The zero-order valence-electron chi connectivity index (χ0n) is 18.5. The molecule has 0 aromatic carbocycles.